The molecule has 118 valence electrons. The van der Waals surface area contributed by atoms with E-state index >= 15 is 0 Å². The molecule has 0 aliphatic carbocycles. The van der Waals surface area contributed by atoms with Crippen molar-refractivity contribution in [3.05, 3.63) is 53.6 Å². The number of nitrogens with zero attached hydrogens (tertiary/aromatic N) is 3. The Morgan fingerprint density at radius 1 is 1.32 bits per heavy atom. The standard InChI is InChI=1S/C17H23N3O2/c1-4-6-9-14(8-5-2)13-18-19-20(3)16-11-7-10-15(12-16)17(21)22/h6-12H,4-5,13H2,1-3H3,(H,21,22)/b9-6-,14-8+,19-18?. The zero-order chi connectivity index (χ0) is 16.4. The van der Waals surface area contributed by atoms with E-state index in [4.69, 9.17) is 5.11 Å². The molecule has 0 saturated carbocycles. The van der Waals surface area contributed by atoms with Crippen LogP contribution in [-0.2, 0) is 0 Å². The Kier molecular flexibility index (Phi) is 7.61. The van der Waals surface area contributed by atoms with Crippen molar-refractivity contribution in [1.29, 1.82) is 0 Å². The van der Waals surface area contributed by atoms with E-state index in [-0.39, 0.29) is 5.56 Å². The molecule has 1 aromatic carbocycles. The van der Waals surface area contributed by atoms with Crippen LogP contribution in [0.2, 0.25) is 0 Å². The highest BCUT2D eigenvalue weighted by Gasteiger charge is 2.05. The minimum Gasteiger partial charge on any atom is -0.478 e. The topological polar surface area (TPSA) is 65.3 Å². The van der Waals surface area contributed by atoms with Crippen molar-refractivity contribution in [3.63, 3.8) is 0 Å². The van der Waals surface area contributed by atoms with Crippen molar-refractivity contribution in [2.75, 3.05) is 18.6 Å². The summed E-state index contributed by atoms with van der Waals surface area (Å²) in [7, 11) is 1.75. The lowest BCUT2D eigenvalue weighted by Crippen LogP contribution is -2.09. The molecule has 0 spiro atoms. The van der Waals surface area contributed by atoms with Gasteiger partial charge >= 0.3 is 5.97 Å². The summed E-state index contributed by atoms with van der Waals surface area (Å²) < 4.78 is 0. The molecular weight excluding hydrogens is 278 g/mol. The van der Waals surface area contributed by atoms with Gasteiger partial charge in [0.15, 0.2) is 0 Å². The van der Waals surface area contributed by atoms with Gasteiger partial charge < -0.3 is 5.11 Å². The lowest BCUT2D eigenvalue weighted by atomic mass is 10.2. The first-order valence-electron chi connectivity index (χ1n) is 7.38. The van der Waals surface area contributed by atoms with E-state index < -0.39 is 5.97 Å². The number of carboxylic acid groups (broad SMARTS) is 1. The van der Waals surface area contributed by atoms with Crippen LogP contribution in [0.5, 0.6) is 0 Å². The number of aromatic carboxylic acids is 1. The predicted octanol–water partition coefficient (Wildman–Crippen LogP) is 4.49. The fourth-order valence-corrected chi connectivity index (χ4v) is 1.82. The van der Waals surface area contributed by atoms with Gasteiger partial charge in [-0.05, 0) is 36.6 Å². The molecule has 0 aliphatic heterocycles. The maximum Gasteiger partial charge on any atom is 0.335 e. The molecule has 0 unspecified atom stereocenters. The van der Waals surface area contributed by atoms with Gasteiger partial charge in [-0.1, -0.05) is 43.4 Å². The van der Waals surface area contributed by atoms with Crippen LogP contribution in [0.25, 0.3) is 0 Å². The van der Waals surface area contributed by atoms with Crippen LogP contribution >= 0.6 is 0 Å². The quantitative estimate of drug-likeness (QED) is 0.437. The minimum atomic E-state index is -0.954. The average Bonchev–Trinajstić information content (AvgIpc) is 2.52. The lowest BCUT2D eigenvalue weighted by molar-refractivity contribution is 0.0697. The van der Waals surface area contributed by atoms with Gasteiger partial charge in [0.25, 0.3) is 0 Å². The highest BCUT2D eigenvalue weighted by molar-refractivity contribution is 5.88. The van der Waals surface area contributed by atoms with E-state index in [0.29, 0.717) is 12.2 Å². The molecule has 5 nitrogen and oxygen atoms in total. The number of hydrogen-bond acceptors (Lipinski definition) is 3. The Hall–Kier alpha value is -2.43. The largest absolute Gasteiger partial charge is 0.478 e. The van der Waals surface area contributed by atoms with Crippen LogP contribution in [-0.4, -0.2) is 24.7 Å². The monoisotopic (exact) mass is 301 g/mol. The van der Waals surface area contributed by atoms with Crippen LogP contribution in [0.1, 0.15) is 37.0 Å². The average molecular weight is 301 g/mol. The number of allylic oxidation sites excluding steroid dienone is 2. The second-order valence-electron chi connectivity index (χ2n) is 4.77. The first-order chi connectivity index (χ1) is 10.6. The maximum absolute atomic E-state index is 11.0. The Bertz CT molecular complexity index is 577. The third-order valence-corrected chi connectivity index (χ3v) is 2.95. The van der Waals surface area contributed by atoms with Gasteiger partial charge in [0.2, 0.25) is 0 Å². The van der Waals surface area contributed by atoms with Gasteiger partial charge in [-0.2, -0.15) is 5.11 Å². The van der Waals surface area contributed by atoms with Gasteiger partial charge in [-0.25, -0.2) is 4.79 Å². The van der Waals surface area contributed by atoms with Crippen LogP contribution in [0, 0.1) is 0 Å². The van der Waals surface area contributed by atoms with Crippen molar-refractivity contribution in [2.45, 2.75) is 26.7 Å². The van der Waals surface area contributed by atoms with Crippen molar-refractivity contribution >= 4 is 11.7 Å². The smallest absolute Gasteiger partial charge is 0.335 e. The van der Waals surface area contributed by atoms with E-state index in [0.717, 1.165) is 18.4 Å². The second-order valence-corrected chi connectivity index (χ2v) is 4.77. The summed E-state index contributed by atoms with van der Waals surface area (Å²) in [6, 6.07) is 6.61. The Labute approximate surface area is 131 Å². The van der Waals surface area contributed by atoms with Gasteiger partial charge in [-0.15, -0.1) is 0 Å². The van der Waals surface area contributed by atoms with Crippen LogP contribution in [0.4, 0.5) is 5.69 Å². The normalized spacial score (nSPS) is 12.2. The molecule has 0 aliphatic rings. The fourth-order valence-electron chi connectivity index (χ4n) is 1.82. The van der Waals surface area contributed by atoms with Crippen molar-refractivity contribution in [3.8, 4) is 0 Å². The maximum atomic E-state index is 11.0. The third kappa shape index (κ3) is 5.91. The van der Waals surface area contributed by atoms with Gasteiger partial charge in [0, 0.05) is 7.05 Å². The Morgan fingerprint density at radius 2 is 2.09 bits per heavy atom. The molecule has 0 bridgehead atoms. The minimum absolute atomic E-state index is 0.233. The predicted molar refractivity (Wildman–Crippen MR) is 89.3 cm³/mol. The molecule has 0 radical (unpaired) electrons. The van der Waals surface area contributed by atoms with E-state index in [2.05, 4.69) is 42.4 Å². The van der Waals surface area contributed by atoms with Gasteiger partial charge in [0.05, 0.1) is 17.8 Å². The molecular formula is C17H23N3O2. The molecule has 1 rings (SSSR count). The fraction of sp³-hybridized carbons (Fsp3) is 0.353. The Balaban J connectivity index is 2.72. The number of benzene rings is 1. The second kappa shape index (κ2) is 9.50. The number of hydrogen-bond donors (Lipinski definition) is 1. The zero-order valence-corrected chi connectivity index (χ0v) is 13.4. The Morgan fingerprint density at radius 3 is 2.73 bits per heavy atom. The number of carboxylic acids is 1. The summed E-state index contributed by atoms with van der Waals surface area (Å²) in [4.78, 5) is 11.0. The molecule has 1 N–H and O–H groups in total. The molecule has 0 saturated heterocycles. The molecule has 0 aromatic heterocycles. The number of rotatable bonds is 8. The molecule has 0 atom stereocenters. The van der Waals surface area contributed by atoms with Crippen LogP contribution < -0.4 is 5.01 Å². The first kappa shape index (κ1) is 17.6. The summed E-state index contributed by atoms with van der Waals surface area (Å²) in [5.41, 5.74) is 2.05. The zero-order valence-electron chi connectivity index (χ0n) is 13.4. The first-order valence-corrected chi connectivity index (χ1v) is 7.38. The lowest BCUT2D eigenvalue weighted by Gasteiger charge is -2.11. The molecule has 0 fully saturated rings. The van der Waals surface area contributed by atoms with E-state index in [1.807, 2.05) is 0 Å². The number of carbonyl (C=O) groups is 1. The van der Waals surface area contributed by atoms with E-state index in [1.165, 1.54) is 0 Å². The van der Waals surface area contributed by atoms with Crippen molar-refractivity contribution < 1.29 is 9.90 Å². The van der Waals surface area contributed by atoms with Crippen molar-refractivity contribution in [2.24, 2.45) is 10.3 Å². The van der Waals surface area contributed by atoms with E-state index in [9.17, 15) is 4.79 Å². The molecule has 5 heteroatoms. The van der Waals surface area contributed by atoms with E-state index in [1.54, 1.807) is 36.3 Å². The highest BCUT2D eigenvalue weighted by Crippen LogP contribution is 2.15. The highest BCUT2D eigenvalue weighted by atomic mass is 16.4. The van der Waals surface area contributed by atoms with Gasteiger partial charge in [0.1, 0.15) is 0 Å². The molecule has 22 heavy (non-hydrogen) atoms. The summed E-state index contributed by atoms with van der Waals surface area (Å²) in [5.74, 6) is -0.954. The molecule has 0 heterocycles. The van der Waals surface area contributed by atoms with Gasteiger partial charge in [-0.3, -0.25) is 5.01 Å². The summed E-state index contributed by atoms with van der Waals surface area (Å²) in [6.45, 7) is 4.68. The third-order valence-electron chi connectivity index (χ3n) is 2.95. The van der Waals surface area contributed by atoms with Crippen molar-refractivity contribution in [1.82, 2.24) is 0 Å². The summed E-state index contributed by atoms with van der Waals surface area (Å²) in [6.07, 6.45) is 8.22. The SMILES string of the molecule is CC/C=C\C(=C/CC)CN=NN(C)c1cccc(C(=O)O)c1. The number of anilines is 1. The molecule has 0 amide bonds. The molecule has 1 aromatic rings. The summed E-state index contributed by atoms with van der Waals surface area (Å²) in [5, 5.41) is 18.9. The summed E-state index contributed by atoms with van der Waals surface area (Å²) >= 11 is 0. The van der Waals surface area contributed by atoms with Crippen LogP contribution in [0.15, 0.2) is 58.4 Å². The van der Waals surface area contributed by atoms with Crippen LogP contribution in [0.3, 0.4) is 0 Å².